The summed E-state index contributed by atoms with van der Waals surface area (Å²) in [5.41, 5.74) is 1.30. The lowest BCUT2D eigenvalue weighted by atomic mass is 10.2. The molecule has 78 valence electrons. The Hall–Kier alpha value is -0.660. The fraction of sp³-hybridized carbons (Fsp3) is 0.818. The zero-order valence-corrected chi connectivity index (χ0v) is 9.47. The Morgan fingerprint density at radius 1 is 1.31 bits per heavy atom. The first kappa shape index (κ1) is 12.3. The topological polar surface area (TPSA) is 12.5 Å². The number of rotatable bonds is 7. The predicted molar refractivity (Wildman–Crippen MR) is 57.5 cm³/mol. The van der Waals surface area contributed by atoms with Crippen LogP contribution in [0.25, 0.3) is 0 Å². The summed E-state index contributed by atoms with van der Waals surface area (Å²) < 4.78 is 5.05. The van der Waals surface area contributed by atoms with Gasteiger partial charge in [0.05, 0.1) is 7.11 Å². The average Bonchev–Trinajstić information content (AvgIpc) is 2.14. The van der Waals surface area contributed by atoms with Crippen molar-refractivity contribution in [2.75, 3.05) is 20.7 Å². The van der Waals surface area contributed by atoms with Crippen LogP contribution in [0, 0.1) is 0 Å². The molecule has 0 saturated heterocycles. The van der Waals surface area contributed by atoms with Crippen LogP contribution in [-0.4, -0.2) is 25.6 Å². The Morgan fingerprint density at radius 2 is 2.00 bits per heavy atom. The molecule has 0 aliphatic carbocycles. The maximum atomic E-state index is 5.05. The van der Waals surface area contributed by atoms with Crippen LogP contribution >= 0.6 is 0 Å². The van der Waals surface area contributed by atoms with E-state index in [0.29, 0.717) is 0 Å². The van der Waals surface area contributed by atoms with Gasteiger partial charge in [-0.1, -0.05) is 26.7 Å². The van der Waals surface area contributed by atoms with Crippen molar-refractivity contribution in [1.29, 1.82) is 0 Å². The molecule has 0 aromatic rings. The number of hydrogen-bond acceptors (Lipinski definition) is 2. The summed E-state index contributed by atoms with van der Waals surface area (Å²) in [7, 11) is 3.85. The van der Waals surface area contributed by atoms with Gasteiger partial charge < -0.3 is 9.64 Å². The van der Waals surface area contributed by atoms with Gasteiger partial charge in [0.25, 0.3) is 0 Å². The van der Waals surface area contributed by atoms with Crippen molar-refractivity contribution in [2.24, 2.45) is 0 Å². The Labute approximate surface area is 82.6 Å². The molecule has 0 saturated carbocycles. The Morgan fingerprint density at radius 3 is 2.46 bits per heavy atom. The molecule has 0 bridgehead atoms. The maximum absolute atomic E-state index is 5.05. The molecule has 0 spiro atoms. The third-order valence-corrected chi connectivity index (χ3v) is 2.10. The van der Waals surface area contributed by atoms with Gasteiger partial charge in [0.1, 0.15) is 6.26 Å². The SMILES string of the molecule is CCCCN(C)/C(=C\OC)CCC. The van der Waals surface area contributed by atoms with Crippen LogP contribution < -0.4 is 0 Å². The summed E-state index contributed by atoms with van der Waals surface area (Å²) in [6.45, 7) is 5.54. The second-order valence-electron chi connectivity index (χ2n) is 3.37. The van der Waals surface area contributed by atoms with Gasteiger partial charge in [0.15, 0.2) is 0 Å². The second-order valence-corrected chi connectivity index (χ2v) is 3.37. The highest BCUT2D eigenvalue weighted by molar-refractivity contribution is 4.95. The lowest BCUT2D eigenvalue weighted by molar-refractivity contribution is 0.301. The molecule has 0 unspecified atom stereocenters. The van der Waals surface area contributed by atoms with Crippen LogP contribution in [0.5, 0.6) is 0 Å². The third-order valence-electron chi connectivity index (χ3n) is 2.10. The average molecular weight is 185 g/mol. The van der Waals surface area contributed by atoms with Crippen molar-refractivity contribution in [3.63, 3.8) is 0 Å². The van der Waals surface area contributed by atoms with Crippen LogP contribution in [0.2, 0.25) is 0 Å². The molecule has 0 atom stereocenters. The molecule has 0 aromatic heterocycles. The highest BCUT2D eigenvalue weighted by Gasteiger charge is 2.02. The van der Waals surface area contributed by atoms with E-state index in [0.717, 1.165) is 13.0 Å². The molecule has 13 heavy (non-hydrogen) atoms. The van der Waals surface area contributed by atoms with Crippen LogP contribution in [0.3, 0.4) is 0 Å². The number of ether oxygens (including phenoxy) is 1. The molecule has 0 amide bonds. The smallest absolute Gasteiger partial charge is 0.102 e. The van der Waals surface area contributed by atoms with E-state index >= 15 is 0 Å². The first-order chi connectivity index (χ1) is 6.26. The molecule has 0 heterocycles. The molecule has 0 radical (unpaired) electrons. The van der Waals surface area contributed by atoms with E-state index in [1.165, 1.54) is 25.0 Å². The molecule has 0 aliphatic rings. The minimum atomic E-state index is 1.11. The summed E-state index contributed by atoms with van der Waals surface area (Å²) in [5.74, 6) is 0. The van der Waals surface area contributed by atoms with E-state index in [-0.39, 0.29) is 0 Å². The normalized spacial score (nSPS) is 11.5. The monoisotopic (exact) mass is 185 g/mol. The van der Waals surface area contributed by atoms with Crippen molar-refractivity contribution in [2.45, 2.75) is 39.5 Å². The molecule has 0 rings (SSSR count). The van der Waals surface area contributed by atoms with Crippen LogP contribution in [-0.2, 0) is 4.74 Å². The van der Waals surface area contributed by atoms with Crippen LogP contribution in [0.4, 0.5) is 0 Å². The van der Waals surface area contributed by atoms with Gasteiger partial charge in [0, 0.05) is 19.3 Å². The van der Waals surface area contributed by atoms with Crippen LogP contribution in [0.1, 0.15) is 39.5 Å². The van der Waals surface area contributed by atoms with Gasteiger partial charge in [-0.25, -0.2) is 0 Å². The first-order valence-corrected chi connectivity index (χ1v) is 5.19. The highest BCUT2D eigenvalue weighted by Crippen LogP contribution is 2.10. The van der Waals surface area contributed by atoms with E-state index in [4.69, 9.17) is 4.74 Å². The minimum Gasteiger partial charge on any atom is -0.503 e. The number of unbranched alkanes of at least 4 members (excludes halogenated alkanes) is 1. The molecule has 2 heteroatoms. The molecular formula is C11H23NO. The van der Waals surface area contributed by atoms with E-state index in [2.05, 4.69) is 25.8 Å². The number of allylic oxidation sites excluding steroid dienone is 1. The molecule has 2 nitrogen and oxygen atoms in total. The summed E-state index contributed by atoms with van der Waals surface area (Å²) in [5, 5.41) is 0. The third kappa shape index (κ3) is 5.56. The van der Waals surface area contributed by atoms with Gasteiger partial charge in [-0.15, -0.1) is 0 Å². The molecular weight excluding hydrogens is 162 g/mol. The van der Waals surface area contributed by atoms with E-state index in [9.17, 15) is 0 Å². The van der Waals surface area contributed by atoms with Gasteiger partial charge in [-0.2, -0.15) is 0 Å². The Kier molecular flexibility index (Phi) is 7.56. The van der Waals surface area contributed by atoms with Crippen molar-refractivity contribution in [3.05, 3.63) is 12.0 Å². The predicted octanol–water partition coefficient (Wildman–Crippen LogP) is 3.01. The summed E-state index contributed by atoms with van der Waals surface area (Å²) in [6, 6.07) is 0. The van der Waals surface area contributed by atoms with Gasteiger partial charge in [-0.05, 0) is 12.8 Å². The van der Waals surface area contributed by atoms with Crippen LogP contribution in [0.15, 0.2) is 12.0 Å². The standard InChI is InChI=1S/C11H23NO/c1-5-7-9-12(3)11(8-6-2)10-13-4/h10H,5-9H2,1-4H3/b11-10-. The van der Waals surface area contributed by atoms with Crippen molar-refractivity contribution >= 4 is 0 Å². The van der Waals surface area contributed by atoms with E-state index in [1.54, 1.807) is 7.11 Å². The lowest BCUT2D eigenvalue weighted by Gasteiger charge is -2.21. The Balaban J connectivity index is 3.95. The van der Waals surface area contributed by atoms with Gasteiger partial charge >= 0.3 is 0 Å². The fourth-order valence-corrected chi connectivity index (χ4v) is 1.27. The molecule has 0 aliphatic heterocycles. The number of nitrogens with zero attached hydrogens (tertiary/aromatic N) is 1. The second kappa shape index (κ2) is 7.96. The Bertz CT molecular complexity index is 143. The minimum absolute atomic E-state index is 1.11. The number of methoxy groups -OCH3 is 1. The van der Waals surface area contributed by atoms with Crippen molar-refractivity contribution in [3.8, 4) is 0 Å². The van der Waals surface area contributed by atoms with Crippen molar-refractivity contribution in [1.82, 2.24) is 4.90 Å². The van der Waals surface area contributed by atoms with E-state index in [1.807, 2.05) is 6.26 Å². The lowest BCUT2D eigenvalue weighted by Crippen LogP contribution is -2.19. The summed E-state index contributed by atoms with van der Waals surface area (Å²) in [4.78, 5) is 2.29. The summed E-state index contributed by atoms with van der Waals surface area (Å²) >= 11 is 0. The number of hydrogen-bond donors (Lipinski definition) is 0. The van der Waals surface area contributed by atoms with E-state index < -0.39 is 0 Å². The van der Waals surface area contributed by atoms with Crippen molar-refractivity contribution < 1.29 is 4.74 Å². The molecule has 0 N–H and O–H groups in total. The molecule has 0 fully saturated rings. The van der Waals surface area contributed by atoms with Gasteiger partial charge in [0.2, 0.25) is 0 Å². The summed E-state index contributed by atoms with van der Waals surface area (Å²) in [6.07, 6.45) is 6.64. The molecule has 0 aromatic carbocycles. The fourth-order valence-electron chi connectivity index (χ4n) is 1.27. The first-order valence-electron chi connectivity index (χ1n) is 5.19. The largest absolute Gasteiger partial charge is 0.503 e. The quantitative estimate of drug-likeness (QED) is 0.565. The zero-order chi connectivity index (χ0) is 10.1. The highest BCUT2D eigenvalue weighted by atomic mass is 16.5. The zero-order valence-electron chi connectivity index (χ0n) is 9.47. The maximum Gasteiger partial charge on any atom is 0.102 e. The van der Waals surface area contributed by atoms with Gasteiger partial charge in [-0.3, -0.25) is 0 Å².